The second kappa shape index (κ2) is 8.40. The topological polar surface area (TPSA) is 149 Å². The van der Waals surface area contributed by atoms with E-state index >= 15 is 4.39 Å². The molecule has 1 amide bonds. The van der Waals surface area contributed by atoms with Crippen LogP contribution < -0.4 is 10.1 Å². The Morgan fingerprint density at radius 3 is 2.61 bits per heavy atom. The molecule has 2 aromatic heterocycles. The van der Waals surface area contributed by atoms with E-state index in [0.717, 1.165) is 5.56 Å². The molecule has 0 unspecified atom stereocenters. The fourth-order valence-electron chi connectivity index (χ4n) is 5.35. The van der Waals surface area contributed by atoms with Gasteiger partial charge < -0.3 is 24.4 Å². The summed E-state index contributed by atoms with van der Waals surface area (Å²) in [5.74, 6) is 0.500. The molecule has 4 heterocycles. The molecule has 2 atom stereocenters. The number of amides is 1. The monoisotopic (exact) mass is 539 g/mol. The van der Waals surface area contributed by atoms with E-state index in [0.29, 0.717) is 40.2 Å². The van der Waals surface area contributed by atoms with Gasteiger partial charge >= 0.3 is 7.82 Å². The van der Waals surface area contributed by atoms with Crippen LogP contribution in [-0.2, 0) is 14.7 Å². The minimum Gasteiger partial charge on any atom is -0.496 e. The van der Waals surface area contributed by atoms with Gasteiger partial charge in [0.1, 0.15) is 23.0 Å². The molecule has 2 aliphatic heterocycles. The Kier molecular flexibility index (Phi) is 5.45. The number of carbonyl (C=O) groups is 1. The molecule has 4 aromatic rings. The molecule has 0 saturated carbocycles. The summed E-state index contributed by atoms with van der Waals surface area (Å²) in [6, 6.07) is 7.74. The molecular formula is C25H23FN5O6P. The van der Waals surface area contributed by atoms with Crippen molar-refractivity contribution in [2.45, 2.75) is 38.0 Å². The van der Waals surface area contributed by atoms with Gasteiger partial charge in [-0.1, -0.05) is 6.07 Å². The number of rotatable bonds is 5. The van der Waals surface area contributed by atoms with E-state index < -0.39 is 19.2 Å². The number of phosphoric ester groups is 1. The van der Waals surface area contributed by atoms with Gasteiger partial charge in [-0.05, 0) is 38.5 Å². The van der Waals surface area contributed by atoms with Crippen LogP contribution in [-0.4, -0.2) is 42.3 Å². The number of hydrogen-bond acceptors (Lipinski definition) is 7. The Labute approximate surface area is 215 Å². The highest BCUT2D eigenvalue weighted by atomic mass is 31.2. The summed E-state index contributed by atoms with van der Waals surface area (Å²) in [6.45, 7) is 2.85. The zero-order chi connectivity index (χ0) is 27.0. The minimum absolute atomic E-state index is 0.0285. The van der Waals surface area contributed by atoms with Crippen LogP contribution in [0.5, 0.6) is 5.75 Å². The zero-order valence-electron chi connectivity index (χ0n) is 20.5. The first-order valence-electron chi connectivity index (χ1n) is 11.7. The van der Waals surface area contributed by atoms with Crippen molar-refractivity contribution in [3.05, 3.63) is 71.3 Å². The van der Waals surface area contributed by atoms with Crippen LogP contribution in [0.4, 0.5) is 4.39 Å². The Balaban J connectivity index is 1.46. The lowest BCUT2D eigenvalue weighted by Gasteiger charge is -2.23. The summed E-state index contributed by atoms with van der Waals surface area (Å²) in [5.41, 5.74) is 1.50. The van der Waals surface area contributed by atoms with E-state index in [9.17, 15) is 19.1 Å². The SMILES string of the molecule is COc1cccc2c1[C@H]1C[C@@H](NC2=O)c2nc3cc(F)c(-c4cnc(C(C)(C)OP(=O)(O)O)nc4)cc3n21. The van der Waals surface area contributed by atoms with Gasteiger partial charge in [-0.3, -0.25) is 9.32 Å². The summed E-state index contributed by atoms with van der Waals surface area (Å²) in [5, 5.41) is 3.03. The Morgan fingerprint density at radius 2 is 1.92 bits per heavy atom. The molecule has 3 N–H and O–H groups in total. The van der Waals surface area contributed by atoms with Gasteiger partial charge in [-0.15, -0.1) is 0 Å². The summed E-state index contributed by atoms with van der Waals surface area (Å²) in [4.78, 5) is 44.3. The van der Waals surface area contributed by atoms with Crippen molar-refractivity contribution in [2.24, 2.45) is 0 Å². The summed E-state index contributed by atoms with van der Waals surface area (Å²) >= 11 is 0. The molecule has 13 heteroatoms. The number of benzene rings is 2. The van der Waals surface area contributed by atoms with Crippen LogP contribution in [0.15, 0.2) is 42.7 Å². The summed E-state index contributed by atoms with van der Waals surface area (Å²) < 4.78 is 39.0. The Hall–Kier alpha value is -3.70. The van der Waals surface area contributed by atoms with E-state index in [1.807, 2.05) is 10.6 Å². The highest BCUT2D eigenvalue weighted by Gasteiger charge is 2.42. The van der Waals surface area contributed by atoms with Crippen LogP contribution in [0.2, 0.25) is 0 Å². The molecule has 2 bridgehead atoms. The van der Waals surface area contributed by atoms with Gasteiger partial charge in [0.2, 0.25) is 0 Å². The molecule has 0 fully saturated rings. The second-order valence-corrected chi connectivity index (χ2v) is 10.9. The van der Waals surface area contributed by atoms with Crippen molar-refractivity contribution in [1.82, 2.24) is 24.8 Å². The molecule has 2 aliphatic rings. The van der Waals surface area contributed by atoms with E-state index in [1.165, 1.54) is 32.3 Å². The second-order valence-electron chi connectivity index (χ2n) is 9.75. The number of hydrogen-bond donors (Lipinski definition) is 3. The lowest BCUT2D eigenvalue weighted by molar-refractivity contribution is 0.0556. The first kappa shape index (κ1) is 24.6. The van der Waals surface area contributed by atoms with Gasteiger partial charge in [0.15, 0.2) is 5.82 Å². The minimum atomic E-state index is -4.79. The third kappa shape index (κ3) is 3.88. The standard InChI is InChI=1S/C25H23FN5O6P/c1-25(2,37-38(33,34)35)24-27-10-12(11-28-24)14-7-18-16(8-15(14)26)29-22-17-9-19(31(18)22)21-13(23(32)30-17)5-4-6-20(21)36-3/h4-8,10-11,17,19H,9H2,1-3H3,(H,30,32)(H2,33,34,35)/t17-,19-/m1/s1. The van der Waals surface area contributed by atoms with Gasteiger partial charge in [-0.25, -0.2) is 23.9 Å². The van der Waals surface area contributed by atoms with E-state index in [-0.39, 0.29) is 29.4 Å². The van der Waals surface area contributed by atoms with Crippen LogP contribution in [0.1, 0.15) is 59.9 Å². The van der Waals surface area contributed by atoms with Gasteiger partial charge in [0, 0.05) is 40.7 Å². The van der Waals surface area contributed by atoms with Crippen LogP contribution in [0.25, 0.3) is 22.2 Å². The maximum atomic E-state index is 15.3. The fourth-order valence-corrected chi connectivity index (χ4v) is 6.03. The van der Waals surface area contributed by atoms with E-state index in [2.05, 4.69) is 20.3 Å². The maximum absolute atomic E-state index is 15.3. The van der Waals surface area contributed by atoms with Crippen LogP contribution >= 0.6 is 7.82 Å². The maximum Gasteiger partial charge on any atom is 0.470 e. The lowest BCUT2D eigenvalue weighted by Crippen LogP contribution is -2.27. The molecule has 196 valence electrons. The van der Waals surface area contributed by atoms with Crippen LogP contribution in [0, 0.1) is 5.82 Å². The number of carbonyl (C=O) groups excluding carboxylic acids is 1. The number of ether oxygens (including phenoxy) is 1. The van der Waals surface area contributed by atoms with E-state index in [1.54, 1.807) is 25.3 Å². The largest absolute Gasteiger partial charge is 0.496 e. The van der Waals surface area contributed by atoms with Crippen molar-refractivity contribution >= 4 is 24.8 Å². The number of phosphoric acid groups is 1. The molecule has 0 spiro atoms. The number of aromatic nitrogens is 4. The average Bonchev–Trinajstić information content (AvgIpc) is 3.33. The molecule has 11 nitrogen and oxygen atoms in total. The number of nitrogens with one attached hydrogen (secondary N) is 1. The predicted molar refractivity (Wildman–Crippen MR) is 133 cm³/mol. The number of imidazole rings is 1. The first-order valence-corrected chi connectivity index (χ1v) is 13.3. The fraction of sp³-hybridized carbons (Fsp3) is 0.280. The van der Waals surface area contributed by atoms with Gasteiger partial charge in [0.25, 0.3) is 5.91 Å². The Bertz CT molecular complexity index is 1670. The van der Waals surface area contributed by atoms with Crippen molar-refractivity contribution in [3.63, 3.8) is 0 Å². The highest BCUT2D eigenvalue weighted by Crippen LogP contribution is 2.48. The summed E-state index contributed by atoms with van der Waals surface area (Å²) in [6.07, 6.45) is 3.33. The zero-order valence-corrected chi connectivity index (χ0v) is 21.4. The number of fused-ring (bicyclic) bond motifs is 9. The van der Waals surface area contributed by atoms with Gasteiger partial charge in [-0.2, -0.15) is 0 Å². The third-order valence-corrected chi connectivity index (χ3v) is 7.60. The van der Waals surface area contributed by atoms with Crippen molar-refractivity contribution in [3.8, 4) is 16.9 Å². The molecule has 0 radical (unpaired) electrons. The number of halogens is 1. The molecule has 0 saturated heterocycles. The van der Waals surface area contributed by atoms with Crippen molar-refractivity contribution < 1.29 is 32.8 Å². The predicted octanol–water partition coefficient (Wildman–Crippen LogP) is 3.76. The normalized spacial score (nSPS) is 18.6. The average molecular weight is 539 g/mol. The molecular weight excluding hydrogens is 516 g/mol. The molecule has 2 aromatic carbocycles. The van der Waals surface area contributed by atoms with E-state index in [4.69, 9.17) is 9.26 Å². The molecule has 38 heavy (non-hydrogen) atoms. The number of methoxy groups -OCH3 is 1. The Morgan fingerprint density at radius 1 is 1.18 bits per heavy atom. The smallest absolute Gasteiger partial charge is 0.470 e. The first-order chi connectivity index (χ1) is 18.0. The molecule has 0 aliphatic carbocycles. The molecule has 6 rings (SSSR count). The number of nitrogens with zero attached hydrogens (tertiary/aromatic N) is 4. The quantitative estimate of drug-likeness (QED) is 0.322. The van der Waals surface area contributed by atoms with Crippen molar-refractivity contribution in [1.29, 1.82) is 0 Å². The lowest BCUT2D eigenvalue weighted by atomic mass is 9.97. The summed E-state index contributed by atoms with van der Waals surface area (Å²) in [7, 11) is -3.23. The third-order valence-electron chi connectivity index (χ3n) is 6.91. The van der Waals surface area contributed by atoms with Gasteiger partial charge in [0.05, 0.1) is 30.2 Å². The van der Waals surface area contributed by atoms with Crippen molar-refractivity contribution in [2.75, 3.05) is 7.11 Å². The highest BCUT2D eigenvalue weighted by molar-refractivity contribution is 7.46. The van der Waals surface area contributed by atoms with Crippen LogP contribution in [0.3, 0.4) is 0 Å².